The van der Waals surface area contributed by atoms with Crippen molar-refractivity contribution < 1.29 is 0 Å². The van der Waals surface area contributed by atoms with Crippen LogP contribution < -0.4 is 17.0 Å². The summed E-state index contributed by atoms with van der Waals surface area (Å²) in [5.41, 5.74) is 7.46. The Kier molecular flexibility index (Phi) is 5.45. The van der Waals surface area contributed by atoms with Crippen LogP contribution in [-0.2, 0) is 0 Å². The summed E-state index contributed by atoms with van der Waals surface area (Å²) in [5, 5.41) is 0. The van der Waals surface area contributed by atoms with E-state index in [2.05, 4.69) is 10.4 Å². The molecule has 5 N–H and O–H groups in total. The van der Waals surface area contributed by atoms with Gasteiger partial charge in [-0.15, -0.1) is 0 Å². The van der Waals surface area contributed by atoms with E-state index in [9.17, 15) is 0 Å². The molecular formula is C4H12N4S. The molecule has 0 atom stereocenters. The third-order valence-corrected chi connectivity index (χ3v) is 1.32. The summed E-state index contributed by atoms with van der Waals surface area (Å²) in [6.07, 6.45) is 2.02. The van der Waals surface area contributed by atoms with Gasteiger partial charge >= 0.3 is 0 Å². The number of nitrogens with zero attached hydrogens (tertiary/aromatic N) is 1. The van der Waals surface area contributed by atoms with E-state index in [0.29, 0.717) is 5.96 Å². The first-order chi connectivity index (χ1) is 4.31. The summed E-state index contributed by atoms with van der Waals surface area (Å²) >= 11 is 1.72. The number of rotatable bonds is 3. The monoisotopic (exact) mass is 148 g/mol. The van der Waals surface area contributed by atoms with Gasteiger partial charge in [0.2, 0.25) is 5.96 Å². The minimum atomic E-state index is 0.295. The smallest absolute Gasteiger partial charge is 0.203 e. The van der Waals surface area contributed by atoms with Gasteiger partial charge in [0.1, 0.15) is 0 Å². The zero-order valence-electron chi connectivity index (χ0n) is 5.42. The summed E-state index contributed by atoms with van der Waals surface area (Å²) in [4.78, 5) is 3.87. The van der Waals surface area contributed by atoms with Crippen LogP contribution in [0.2, 0.25) is 0 Å². The van der Waals surface area contributed by atoms with Crippen LogP contribution in [0, 0.1) is 0 Å². The second-order valence-electron chi connectivity index (χ2n) is 1.40. The first-order valence-electron chi connectivity index (χ1n) is 2.56. The van der Waals surface area contributed by atoms with Gasteiger partial charge in [0, 0.05) is 5.75 Å². The van der Waals surface area contributed by atoms with Gasteiger partial charge in [0.05, 0.1) is 6.54 Å². The second-order valence-corrected chi connectivity index (χ2v) is 2.39. The highest BCUT2D eigenvalue weighted by Gasteiger charge is 1.82. The lowest BCUT2D eigenvalue weighted by molar-refractivity contribution is 0.978. The summed E-state index contributed by atoms with van der Waals surface area (Å²) in [5.74, 6) is 6.21. The molecule has 0 rings (SSSR count). The Hall–Kier alpha value is -0.420. The molecule has 9 heavy (non-hydrogen) atoms. The quantitative estimate of drug-likeness (QED) is 0.160. The normalized spacial score (nSPS) is 11.6. The van der Waals surface area contributed by atoms with Gasteiger partial charge in [-0.3, -0.25) is 10.4 Å². The Morgan fingerprint density at radius 3 is 2.89 bits per heavy atom. The third kappa shape index (κ3) is 5.45. The SMILES string of the molecule is CSCCN=C(N)NN. The van der Waals surface area contributed by atoms with E-state index in [-0.39, 0.29) is 0 Å². The molecule has 0 saturated heterocycles. The predicted molar refractivity (Wildman–Crippen MR) is 42.2 cm³/mol. The highest BCUT2D eigenvalue weighted by Crippen LogP contribution is 1.88. The molecule has 0 aromatic carbocycles. The molecule has 0 aliphatic carbocycles. The van der Waals surface area contributed by atoms with Crippen molar-refractivity contribution in [3.8, 4) is 0 Å². The third-order valence-electron chi connectivity index (χ3n) is 0.725. The second kappa shape index (κ2) is 5.71. The molecular weight excluding hydrogens is 136 g/mol. The van der Waals surface area contributed by atoms with Crippen LogP contribution in [0.25, 0.3) is 0 Å². The van der Waals surface area contributed by atoms with Crippen molar-refractivity contribution in [3.05, 3.63) is 0 Å². The van der Waals surface area contributed by atoms with Crippen molar-refractivity contribution in [1.29, 1.82) is 0 Å². The summed E-state index contributed by atoms with van der Waals surface area (Å²) in [6.45, 7) is 0.719. The molecule has 0 radical (unpaired) electrons. The molecule has 0 fully saturated rings. The molecule has 0 bridgehead atoms. The van der Waals surface area contributed by atoms with Gasteiger partial charge in [0.25, 0.3) is 0 Å². The lowest BCUT2D eigenvalue weighted by Gasteiger charge is -1.95. The van der Waals surface area contributed by atoms with Crippen molar-refractivity contribution >= 4 is 17.7 Å². The molecule has 0 aromatic rings. The fraction of sp³-hybridized carbons (Fsp3) is 0.750. The Balaban J connectivity index is 3.21. The van der Waals surface area contributed by atoms with E-state index < -0.39 is 0 Å². The summed E-state index contributed by atoms with van der Waals surface area (Å²) in [6, 6.07) is 0. The van der Waals surface area contributed by atoms with Gasteiger partial charge in [-0.1, -0.05) is 0 Å². The van der Waals surface area contributed by atoms with Crippen LogP contribution in [0.3, 0.4) is 0 Å². The van der Waals surface area contributed by atoms with Gasteiger partial charge in [-0.25, -0.2) is 5.84 Å². The number of hydrogen-bond acceptors (Lipinski definition) is 3. The summed E-state index contributed by atoms with van der Waals surface area (Å²) < 4.78 is 0. The number of guanidine groups is 1. The molecule has 4 nitrogen and oxygen atoms in total. The van der Waals surface area contributed by atoms with E-state index >= 15 is 0 Å². The van der Waals surface area contributed by atoms with E-state index in [4.69, 9.17) is 11.6 Å². The molecule has 0 aliphatic heterocycles. The van der Waals surface area contributed by atoms with Crippen LogP contribution in [0.1, 0.15) is 0 Å². The van der Waals surface area contributed by atoms with Crippen molar-refractivity contribution in [2.45, 2.75) is 0 Å². The van der Waals surface area contributed by atoms with E-state index in [1.54, 1.807) is 11.8 Å². The molecule has 0 saturated carbocycles. The Morgan fingerprint density at radius 2 is 2.44 bits per heavy atom. The maximum absolute atomic E-state index is 5.22. The molecule has 0 unspecified atom stereocenters. The van der Waals surface area contributed by atoms with Crippen LogP contribution in [0.5, 0.6) is 0 Å². The summed E-state index contributed by atoms with van der Waals surface area (Å²) in [7, 11) is 0. The van der Waals surface area contributed by atoms with Crippen molar-refractivity contribution in [1.82, 2.24) is 5.43 Å². The number of aliphatic imine (C=N–C) groups is 1. The highest BCUT2D eigenvalue weighted by atomic mass is 32.2. The first-order valence-corrected chi connectivity index (χ1v) is 3.96. The van der Waals surface area contributed by atoms with E-state index in [0.717, 1.165) is 12.3 Å². The van der Waals surface area contributed by atoms with E-state index in [1.807, 2.05) is 6.26 Å². The average Bonchev–Trinajstić information content (AvgIpc) is 1.89. The minimum Gasteiger partial charge on any atom is -0.369 e. The van der Waals surface area contributed by atoms with Gasteiger partial charge < -0.3 is 5.73 Å². The minimum absolute atomic E-state index is 0.295. The van der Waals surface area contributed by atoms with Crippen LogP contribution >= 0.6 is 11.8 Å². The Morgan fingerprint density at radius 1 is 1.78 bits per heavy atom. The fourth-order valence-corrected chi connectivity index (χ4v) is 0.577. The molecule has 54 valence electrons. The number of hydrazine groups is 1. The molecule has 0 heterocycles. The average molecular weight is 148 g/mol. The van der Waals surface area contributed by atoms with Gasteiger partial charge in [-0.2, -0.15) is 11.8 Å². The van der Waals surface area contributed by atoms with Crippen LogP contribution in [-0.4, -0.2) is 24.5 Å². The lowest BCUT2D eigenvalue weighted by atomic mass is 10.8. The maximum Gasteiger partial charge on any atom is 0.203 e. The fourth-order valence-electron chi connectivity index (χ4n) is 0.303. The van der Waals surface area contributed by atoms with Crippen molar-refractivity contribution in [2.24, 2.45) is 16.6 Å². The van der Waals surface area contributed by atoms with Crippen LogP contribution in [0.15, 0.2) is 4.99 Å². The number of nitrogens with one attached hydrogen (secondary N) is 1. The first kappa shape index (κ1) is 8.58. The molecule has 5 heteroatoms. The largest absolute Gasteiger partial charge is 0.369 e. The number of hydrogen-bond donors (Lipinski definition) is 3. The topological polar surface area (TPSA) is 76.4 Å². The zero-order chi connectivity index (χ0) is 7.11. The van der Waals surface area contributed by atoms with Gasteiger partial charge in [-0.05, 0) is 6.26 Å². The van der Waals surface area contributed by atoms with Crippen molar-refractivity contribution in [2.75, 3.05) is 18.6 Å². The molecule has 0 amide bonds. The van der Waals surface area contributed by atoms with Crippen LogP contribution in [0.4, 0.5) is 0 Å². The van der Waals surface area contributed by atoms with Gasteiger partial charge in [0.15, 0.2) is 0 Å². The standard InChI is InChI=1S/C4H12N4S/c1-9-3-2-7-4(5)8-6/h2-3,6H2,1H3,(H3,5,7,8). The Bertz CT molecular complexity index is 92.6. The molecule has 0 spiro atoms. The highest BCUT2D eigenvalue weighted by molar-refractivity contribution is 7.98. The number of thioether (sulfide) groups is 1. The zero-order valence-corrected chi connectivity index (χ0v) is 6.24. The number of nitrogens with two attached hydrogens (primary N) is 2. The lowest BCUT2D eigenvalue weighted by Crippen LogP contribution is -2.37. The Labute approximate surface area is 59.1 Å². The predicted octanol–water partition coefficient (Wildman–Crippen LogP) is -0.873. The molecule has 0 aliphatic rings. The maximum atomic E-state index is 5.22. The van der Waals surface area contributed by atoms with E-state index in [1.165, 1.54) is 0 Å². The van der Waals surface area contributed by atoms with Crippen molar-refractivity contribution in [3.63, 3.8) is 0 Å². The molecule has 0 aromatic heterocycles.